The monoisotopic (exact) mass is 450 g/mol. The number of benzene rings is 2. The maximum absolute atomic E-state index is 13.4. The van der Waals surface area contributed by atoms with Gasteiger partial charge in [0.15, 0.2) is 0 Å². The van der Waals surface area contributed by atoms with E-state index >= 15 is 0 Å². The zero-order chi connectivity index (χ0) is 22.2. The normalized spacial score (nSPS) is 20.0. The molecule has 9 heteroatoms. The fraction of sp³-hybridized carbons (Fsp3) is 0.261. The average molecular weight is 451 g/mol. The molecule has 1 fully saturated rings. The Morgan fingerprint density at radius 1 is 1.16 bits per heavy atom. The topological polar surface area (TPSA) is 82.2 Å². The molecule has 0 saturated carbocycles. The number of carbonyl (C=O) groups excluding carboxylic acids is 3. The van der Waals surface area contributed by atoms with E-state index in [1.54, 1.807) is 10.3 Å². The number of aryl methyl sites for hydroxylation is 1. The minimum absolute atomic E-state index is 0.152. The number of anilines is 1. The molecule has 0 spiro atoms. The molecule has 8 nitrogen and oxygen atoms in total. The lowest BCUT2D eigenvalue weighted by atomic mass is 10.1. The summed E-state index contributed by atoms with van der Waals surface area (Å²) < 4.78 is 8.73. The van der Waals surface area contributed by atoms with Crippen molar-refractivity contribution in [2.45, 2.75) is 19.5 Å². The van der Waals surface area contributed by atoms with Crippen molar-refractivity contribution in [1.29, 1.82) is 0 Å². The van der Waals surface area contributed by atoms with Crippen molar-refractivity contribution in [3.05, 3.63) is 70.8 Å². The maximum Gasteiger partial charge on any atom is 0.331 e. The van der Waals surface area contributed by atoms with Gasteiger partial charge in [0.05, 0.1) is 24.5 Å². The fourth-order valence-corrected chi connectivity index (χ4v) is 4.88. The van der Waals surface area contributed by atoms with E-state index in [1.807, 2.05) is 55.5 Å². The number of rotatable bonds is 4. The molecule has 3 heterocycles. The lowest BCUT2D eigenvalue weighted by molar-refractivity contribution is -0.132. The second-order valence-electron chi connectivity index (χ2n) is 7.86. The van der Waals surface area contributed by atoms with Crippen molar-refractivity contribution in [3.63, 3.8) is 0 Å². The predicted octanol–water partition coefficient (Wildman–Crippen LogP) is 2.65. The van der Waals surface area contributed by atoms with Gasteiger partial charge in [-0.2, -0.15) is 0 Å². The molecule has 1 N–H and O–H groups in total. The summed E-state index contributed by atoms with van der Waals surface area (Å²) in [6, 6.07) is 13.9. The van der Waals surface area contributed by atoms with Crippen LogP contribution >= 0.6 is 11.9 Å². The van der Waals surface area contributed by atoms with Crippen LogP contribution in [0.25, 0.3) is 0 Å². The number of nitrogens with one attached hydrogen (secondary N) is 1. The summed E-state index contributed by atoms with van der Waals surface area (Å²) >= 11 is 1.25. The van der Waals surface area contributed by atoms with E-state index in [9.17, 15) is 14.4 Å². The summed E-state index contributed by atoms with van der Waals surface area (Å²) in [6.45, 7) is 2.74. The molecule has 2 aromatic carbocycles. The molecule has 0 aromatic heterocycles. The number of carbonyl (C=O) groups is 3. The molecule has 0 bridgehead atoms. The van der Waals surface area contributed by atoms with Crippen molar-refractivity contribution in [1.82, 2.24) is 14.5 Å². The lowest BCUT2D eigenvalue weighted by Gasteiger charge is -2.39. The third kappa shape index (κ3) is 3.63. The zero-order valence-corrected chi connectivity index (χ0v) is 18.3. The summed E-state index contributed by atoms with van der Waals surface area (Å²) in [5, 5.41) is 1.73. The average Bonchev–Trinajstić information content (AvgIpc) is 3.29. The van der Waals surface area contributed by atoms with Gasteiger partial charge < -0.3 is 9.64 Å². The van der Waals surface area contributed by atoms with Gasteiger partial charge in [-0.05, 0) is 30.2 Å². The molecule has 32 heavy (non-hydrogen) atoms. The van der Waals surface area contributed by atoms with Crippen LogP contribution in [0.15, 0.2) is 59.6 Å². The highest BCUT2D eigenvalue weighted by Crippen LogP contribution is 2.34. The van der Waals surface area contributed by atoms with Crippen molar-refractivity contribution >= 4 is 35.5 Å². The van der Waals surface area contributed by atoms with Crippen LogP contribution in [0.1, 0.15) is 11.1 Å². The summed E-state index contributed by atoms with van der Waals surface area (Å²) in [6.07, 6.45) is 0. The van der Waals surface area contributed by atoms with E-state index in [4.69, 9.17) is 4.74 Å². The largest absolute Gasteiger partial charge is 0.490 e. The standard InChI is InChI=1S/C23H22N4O4S/c1-15-7-8-19-17(11-15)25(9-10-31-19)20(28)13-26-18-14-32-24-21(18)22(29)27(23(26)30)12-16-5-3-2-4-6-16/h2-8,11,14,21,24H,9-10,12-13H2,1H3. The molecule has 5 rings (SSSR count). The second-order valence-corrected chi connectivity index (χ2v) is 8.56. The molecule has 0 radical (unpaired) electrons. The first-order chi connectivity index (χ1) is 15.5. The van der Waals surface area contributed by atoms with E-state index in [2.05, 4.69) is 4.72 Å². The number of urea groups is 1. The van der Waals surface area contributed by atoms with Crippen LogP contribution in [0, 0.1) is 6.92 Å². The highest BCUT2D eigenvalue weighted by Gasteiger charge is 2.46. The van der Waals surface area contributed by atoms with E-state index in [0.29, 0.717) is 30.3 Å². The third-order valence-electron chi connectivity index (χ3n) is 5.70. The minimum Gasteiger partial charge on any atom is -0.490 e. The van der Waals surface area contributed by atoms with Crippen LogP contribution in [0.4, 0.5) is 10.5 Å². The highest BCUT2D eigenvalue weighted by molar-refractivity contribution is 8.00. The number of nitrogens with zero attached hydrogens (tertiary/aromatic N) is 3. The number of amides is 4. The van der Waals surface area contributed by atoms with E-state index in [-0.39, 0.29) is 24.9 Å². The van der Waals surface area contributed by atoms with Gasteiger partial charge in [-0.1, -0.05) is 48.3 Å². The molecule has 3 aliphatic rings. The molecule has 1 saturated heterocycles. The van der Waals surface area contributed by atoms with Gasteiger partial charge in [-0.15, -0.1) is 0 Å². The van der Waals surface area contributed by atoms with Gasteiger partial charge in [0.2, 0.25) is 5.91 Å². The number of hydrogen-bond acceptors (Lipinski definition) is 6. The van der Waals surface area contributed by atoms with Crippen LogP contribution < -0.4 is 14.4 Å². The maximum atomic E-state index is 13.4. The Morgan fingerprint density at radius 3 is 2.78 bits per heavy atom. The van der Waals surface area contributed by atoms with Crippen molar-refractivity contribution < 1.29 is 19.1 Å². The van der Waals surface area contributed by atoms with E-state index in [0.717, 1.165) is 11.1 Å². The number of ether oxygens (including phenoxy) is 1. The Morgan fingerprint density at radius 2 is 1.97 bits per heavy atom. The molecule has 1 unspecified atom stereocenters. The van der Waals surface area contributed by atoms with E-state index < -0.39 is 12.1 Å². The first-order valence-corrected chi connectivity index (χ1v) is 11.2. The molecule has 0 aliphatic carbocycles. The van der Waals surface area contributed by atoms with Crippen molar-refractivity contribution in [3.8, 4) is 5.75 Å². The summed E-state index contributed by atoms with van der Waals surface area (Å²) in [4.78, 5) is 44.0. The van der Waals surface area contributed by atoms with Gasteiger partial charge in [0.25, 0.3) is 5.91 Å². The van der Waals surface area contributed by atoms with Gasteiger partial charge >= 0.3 is 6.03 Å². The lowest BCUT2D eigenvalue weighted by Crippen LogP contribution is -2.60. The first-order valence-electron chi connectivity index (χ1n) is 10.3. The zero-order valence-electron chi connectivity index (χ0n) is 17.5. The Hall–Kier alpha value is -3.30. The first kappa shape index (κ1) is 20.6. The number of hydrogen-bond donors (Lipinski definition) is 1. The summed E-state index contributed by atoms with van der Waals surface area (Å²) in [5.74, 6) is 0.112. The summed E-state index contributed by atoms with van der Waals surface area (Å²) in [7, 11) is 0. The number of imide groups is 1. The highest BCUT2D eigenvalue weighted by atomic mass is 32.2. The van der Waals surface area contributed by atoms with Crippen molar-refractivity contribution in [2.24, 2.45) is 0 Å². The van der Waals surface area contributed by atoms with Crippen LogP contribution in [-0.4, -0.2) is 53.4 Å². The summed E-state index contributed by atoms with van der Waals surface area (Å²) in [5.41, 5.74) is 3.07. The Labute approximate surface area is 189 Å². The molecular weight excluding hydrogens is 428 g/mol. The van der Waals surface area contributed by atoms with Crippen LogP contribution in [0.5, 0.6) is 5.75 Å². The molecule has 164 valence electrons. The minimum atomic E-state index is -0.659. The van der Waals surface area contributed by atoms with Crippen molar-refractivity contribution in [2.75, 3.05) is 24.6 Å². The molecule has 4 amide bonds. The third-order valence-corrected chi connectivity index (χ3v) is 6.43. The van der Waals surface area contributed by atoms with Crippen LogP contribution in [-0.2, 0) is 16.1 Å². The van der Waals surface area contributed by atoms with Gasteiger partial charge in [-0.25, -0.2) is 9.52 Å². The van der Waals surface area contributed by atoms with E-state index in [1.165, 1.54) is 21.7 Å². The fourth-order valence-electron chi connectivity index (χ4n) is 4.07. The number of fused-ring (bicyclic) bond motifs is 2. The Balaban J connectivity index is 1.41. The molecule has 3 aliphatic heterocycles. The smallest absolute Gasteiger partial charge is 0.331 e. The van der Waals surface area contributed by atoms with Gasteiger partial charge in [-0.3, -0.25) is 19.4 Å². The SMILES string of the molecule is Cc1ccc2c(c1)N(C(=O)CN1C(=O)N(Cc3ccccc3)C(=O)C3NSC=C31)CCO2. The Bertz CT molecular complexity index is 1120. The molecular formula is C23H22N4O4S. The van der Waals surface area contributed by atoms with Crippen LogP contribution in [0.2, 0.25) is 0 Å². The Kier molecular flexibility index (Phi) is 5.36. The molecule has 1 atom stereocenters. The van der Waals surface area contributed by atoms with Gasteiger partial charge in [0.1, 0.15) is 24.9 Å². The predicted molar refractivity (Wildman–Crippen MR) is 121 cm³/mol. The molecule has 2 aromatic rings. The van der Waals surface area contributed by atoms with Crippen LogP contribution in [0.3, 0.4) is 0 Å². The van der Waals surface area contributed by atoms with Gasteiger partial charge in [0, 0.05) is 5.41 Å². The quantitative estimate of drug-likeness (QED) is 0.722. The second kappa shape index (κ2) is 8.33.